The average molecular weight is 331 g/mol. The standard InChI is InChI=1S/C17H17NO4S/c1-11-2-6-16(23-11)13(19)4-7-17(20)18-12-3-5-14-15(10-12)22-9-8-21-14/h2-3,5-6,10H,4,7-9H2,1H3,(H,18,20). The summed E-state index contributed by atoms with van der Waals surface area (Å²) < 4.78 is 10.9. The predicted molar refractivity (Wildman–Crippen MR) is 88.7 cm³/mol. The second-order valence-electron chi connectivity index (χ2n) is 5.24. The van der Waals surface area contributed by atoms with Crippen LogP contribution in [0.1, 0.15) is 27.4 Å². The maximum absolute atomic E-state index is 12.0. The van der Waals surface area contributed by atoms with Crippen molar-refractivity contribution in [3.63, 3.8) is 0 Å². The number of aryl methyl sites for hydroxylation is 1. The molecule has 0 saturated heterocycles. The zero-order valence-electron chi connectivity index (χ0n) is 12.8. The van der Waals surface area contributed by atoms with E-state index in [-0.39, 0.29) is 24.5 Å². The molecule has 1 N–H and O–H groups in total. The van der Waals surface area contributed by atoms with Gasteiger partial charge in [-0.1, -0.05) is 0 Å². The lowest BCUT2D eigenvalue weighted by atomic mass is 10.2. The van der Waals surface area contributed by atoms with E-state index in [1.54, 1.807) is 24.3 Å². The first-order valence-electron chi connectivity index (χ1n) is 7.41. The summed E-state index contributed by atoms with van der Waals surface area (Å²) in [7, 11) is 0. The predicted octanol–water partition coefficient (Wildman–Crippen LogP) is 3.43. The topological polar surface area (TPSA) is 64.6 Å². The van der Waals surface area contributed by atoms with Crippen molar-refractivity contribution in [3.8, 4) is 11.5 Å². The molecule has 0 saturated carbocycles. The van der Waals surface area contributed by atoms with Crippen LogP contribution in [0.4, 0.5) is 5.69 Å². The molecule has 2 heterocycles. The van der Waals surface area contributed by atoms with E-state index in [0.717, 1.165) is 4.88 Å². The molecule has 0 unspecified atom stereocenters. The Labute approximate surface area is 138 Å². The molecule has 1 amide bonds. The van der Waals surface area contributed by atoms with Crippen molar-refractivity contribution in [2.45, 2.75) is 19.8 Å². The van der Waals surface area contributed by atoms with Gasteiger partial charge in [0, 0.05) is 29.5 Å². The van der Waals surface area contributed by atoms with E-state index in [4.69, 9.17) is 9.47 Å². The lowest BCUT2D eigenvalue weighted by Crippen LogP contribution is -2.16. The van der Waals surface area contributed by atoms with Crippen molar-refractivity contribution in [3.05, 3.63) is 40.1 Å². The van der Waals surface area contributed by atoms with Gasteiger partial charge in [-0.3, -0.25) is 9.59 Å². The highest BCUT2D eigenvalue weighted by Gasteiger charge is 2.14. The van der Waals surface area contributed by atoms with E-state index in [9.17, 15) is 9.59 Å². The number of ether oxygens (including phenoxy) is 2. The fourth-order valence-corrected chi connectivity index (χ4v) is 3.11. The molecule has 0 aliphatic carbocycles. The number of hydrogen-bond acceptors (Lipinski definition) is 5. The number of hydrogen-bond donors (Lipinski definition) is 1. The van der Waals surface area contributed by atoms with Crippen LogP contribution < -0.4 is 14.8 Å². The van der Waals surface area contributed by atoms with Crippen molar-refractivity contribution in [2.75, 3.05) is 18.5 Å². The summed E-state index contributed by atoms with van der Waals surface area (Å²) in [5.41, 5.74) is 0.638. The molecule has 23 heavy (non-hydrogen) atoms. The van der Waals surface area contributed by atoms with Crippen molar-refractivity contribution in [1.29, 1.82) is 0 Å². The fraction of sp³-hybridized carbons (Fsp3) is 0.294. The van der Waals surface area contributed by atoms with Gasteiger partial charge in [0.2, 0.25) is 5.91 Å². The Hall–Kier alpha value is -2.34. The number of benzene rings is 1. The van der Waals surface area contributed by atoms with Crippen LogP contribution in [0.25, 0.3) is 0 Å². The van der Waals surface area contributed by atoms with Crippen LogP contribution in [-0.2, 0) is 4.79 Å². The number of carbonyl (C=O) groups excluding carboxylic acids is 2. The molecule has 3 rings (SSSR count). The summed E-state index contributed by atoms with van der Waals surface area (Å²) in [5, 5.41) is 2.78. The van der Waals surface area contributed by atoms with Crippen molar-refractivity contribution in [2.24, 2.45) is 0 Å². The fourth-order valence-electron chi connectivity index (χ4n) is 2.28. The lowest BCUT2D eigenvalue weighted by Gasteiger charge is -2.19. The zero-order chi connectivity index (χ0) is 16.2. The quantitative estimate of drug-likeness (QED) is 0.853. The number of amides is 1. The molecule has 0 fully saturated rings. The Kier molecular flexibility index (Phi) is 4.62. The first-order chi connectivity index (χ1) is 11.1. The van der Waals surface area contributed by atoms with Gasteiger partial charge in [-0.05, 0) is 31.2 Å². The number of carbonyl (C=O) groups is 2. The van der Waals surface area contributed by atoms with Crippen LogP contribution in [0.2, 0.25) is 0 Å². The van der Waals surface area contributed by atoms with Gasteiger partial charge >= 0.3 is 0 Å². The summed E-state index contributed by atoms with van der Waals surface area (Å²) in [6.07, 6.45) is 0.362. The minimum atomic E-state index is -0.191. The van der Waals surface area contributed by atoms with Crippen LogP contribution in [0, 0.1) is 6.92 Å². The highest BCUT2D eigenvalue weighted by atomic mass is 32.1. The molecule has 6 heteroatoms. The van der Waals surface area contributed by atoms with E-state index in [1.165, 1.54) is 11.3 Å². The van der Waals surface area contributed by atoms with Gasteiger partial charge in [0.15, 0.2) is 17.3 Å². The van der Waals surface area contributed by atoms with Gasteiger partial charge in [-0.2, -0.15) is 0 Å². The molecule has 120 valence electrons. The monoisotopic (exact) mass is 331 g/mol. The SMILES string of the molecule is Cc1ccc(C(=O)CCC(=O)Nc2ccc3c(c2)OCCO3)s1. The van der Waals surface area contributed by atoms with Crippen LogP contribution in [0.5, 0.6) is 11.5 Å². The number of ketones is 1. The van der Waals surface area contributed by atoms with E-state index in [0.29, 0.717) is 35.3 Å². The third-order valence-electron chi connectivity index (χ3n) is 3.42. The minimum absolute atomic E-state index is 0.000393. The summed E-state index contributed by atoms with van der Waals surface area (Å²) in [5.74, 6) is 1.11. The molecule has 0 atom stereocenters. The second kappa shape index (κ2) is 6.83. The molecule has 5 nitrogen and oxygen atoms in total. The van der Waals surface area contributed by atoms with Gasteiger partial charge in [-0.25, -0.2) is 0 Å². The number of Topliss-reactive ketones (excluding diaryl/α,β-unsaturated/α-hetero) is 1. The molecule has 0 spiro atoms. The number of anilines is 1. The number of fused-ring (bicyclic) bond motifs is 1. The smallest absolute Gasteiger partial charge is 0.224 e. The molecule has 0 radical (unpaired) electrons. The molecule has 1 aromatic heterocycles. The molecular weight excluding hydrogens is 314 g/mol. The van der Waals surface area contributed by atoms with Gasteiger partial charge < -0.3 is 14.8 Å². The first-order valence-corrected chi connectivity index (χ1v) is 8.22. The molecule has 1 aliphatic heterocycles. The summed E-state index contributed by atoms with van der Waals surface area (Å²) >= 11 is 1.46. The molecule has 2 aromatic rings. The molecule has 1 aromatic carbocycles. The first kappa shape index (κ1) is 15.6. The van der Waals surface area contributed by atoms with Crippen LogP contribution >= 0.6 is 11.3 Å². The Morgan fingerprint density at radius 1 is 1.09 bits per heavy atom. The highest BCUT2D eigenvalue weighted by molar-refractivity contribution is 7.14. The molecular formula is C17H17NO4S. The molecule has 1 aliphatic rings. The Morgan fingerprint density at radius 3 is 2.61 bits per heavy atom. The zero-order valence-corrected chi connectivity index (χ0v) is 13.6. The van der Waals surface area contributed by atoms with E-state index in [1.807, 2.05) is 13.0 Å². The number of rotatable bonds is 5. The summed E-state index contributed by atoms with van der Waals surface area (Å²) in [6, 6.07) is 8.98. The third-order valence-corrected chi connectivity index (χ3v) is 4.46. The van der Waals surface area contributed by atoms with E-state index < -0.39 is 0 Å². The summed E-state index contributed by atoms with van der Waals surface area (Å²) in [4.78, 5) is 25.8. The summed E-state index contributed by atoms with van der Waals surface area (Å²) in [6.45, 7) is 2.98. The minimum Gasteiger partial charge on any atom is -0.486 e. The van der Waals surface area contributed by atoms with E-state index >= 15 is 0 Å². The molecule has 0 bridgehead atoms. The van der Waals surface area contributed by atoms with Crippen LogP contribution in [0.15, 0.2) is 30.3 Å². The largest absolute Gasteiger partial charge is 0.486 e. The van der Waals surface area contributed by atoms with Crippen molar-refractivity contribution in [1.82, 2.24) is 0 Å². The average Bonchev–Trinajstić information content (AvgIpc) is 2.99. The Bertz CT molecular complexity index is 738. The lowest BCUT2D eigenvalue weighted by molar-refractivity contribution is -0.116. The Morgan fingerprint density at radius 2 is 1.87 bits per heavy atom. The highest BCUT2D eigenvalue weighted by Crippen LogP contribution is 2.32. The van der Waals surface area contributed by atoms with Crippen molar-refractivity contribution < 1.29 is 19.1 Å². The van der Waals surface area contributed by atoms with Crippen LogP contribution in [-0.4, -0.2) is 24.9 Å². The van der Waals surface area contributed by atoms with Crippen LogP contribution in [0.3, 0.4) is 0 Å². The van der Waals surface area contributed by atoms with Gasteiger partial charge in [-0.15, -0.1) is 11.3 Å². The van der Waals surface area contributed by atoms with Gasteiger partial charge in [0.25, 0.3) is 0 Å². The van der Waals surface area contributed by atoms with Gasteiger partial charge in [0.1, 0.15) is 13.2 Å². The van der Waals surface area contributed by atoms with Crippen molar-refractivity contribution >= 4 is 28.7 Å². The normalized spacial score (nSPS) is 12.7. The third kappa shape index (κ3) is 3.90. The maximum Gasteiger partial charge on any atom is 0.224 e. The Balaban J connectivity index is 1.54. The number of nitrogens with one attached hydrogen (secondary N) is 1. The van der Waals surface area contributed by atoms with Gasteiger partial charge in [0.05, 0.1) is 4.88 Å². The maximum atomic E-state index is 12.0. The van der Waals surface area contributed by atoms with E-state index in [2.05, 4.69) is 5.32 Å². The number of thiophene rings is 1. The second-order valence-corrected chi connectivity index (χ2v) is 6.53.